The lowest BCUT2D eigenvalue weighted by atomic mass is 9.94. The van der Waals surface area contributed by atoms with Crippen molar-refractivity contribution in [2.75, 3.05) is 40.3 Å². The monoisotopic (exact) mass is 339 g/mol. The Morgan fingerprint density at radius 3 is 2.60 bits per heavy atom. The first-order chi connectivity index (χ1) is 9.60. The maximum atomic E-state index is 6.04. The number of benzene rings is 1. The van der Waals surface area contributed by atoms with Gasteiger partial charge in [0.15, 0.2) is 0 Å². The molecule has 0 amide bonds. The summed E-state index contributed by atoms with van der Waals surface area (Å²) in [6.45, 7) is 4.21. The Bertz CT molecular complexity index is 414. The van der Waals surface area contributed by atoms with Crippen LogP contribution < -0.4 is 5.73 Å². The number of hydrogen-bond acceptors (Lipinski definition) is 3. The fourth-order valence-electron chi connectivity index (χ4n) is 3.17. The Hall–Kier alpha value is -0.420. The van der Waals surface area contributed by atoms with Crippen molar-refractivity contribution in [3.8, 4) is 0 Å². The van der Waals surface area contributed by atoms with E-state index in [1.807, 2.05) is 0 Å². The minimum absolute atomic E-state index is 0.354. The topological polar surface area (TPSA) is 32.5 Å². The summed E-state index contributed by atoms with van der Waals surface area (Å²) in [5, 5.41) is 0. The van der Waals surface area contributed by atoms with Gasteiger partial charge in [0.25, 0.3) is 0 Å². The van der Waals surface area contributed by atoms with Gasteiger partial charge < -0.3 is 10.6 Å². The molecule has 1 saturated heterocycles. The van der Waals surface area contributed by atoms with E-state index in [0.717, 1.165) is 23.5 Å². The molecule has 1 fully saturated rings. The number of piperidine rings is 1. The van der Waals surface area contributed by atoms with E-state index in [4.69, 9.17) is 5.73 Å². The summed E-state index contributed by atoms with van der Waals surface area (Å²) in [5.74, 6) is 0.835. The van der Waals surface area contributed by atoms with Gasteiger partial charge in [0.05, 0.1) is 0 Å². The summed E-state index contributed by atoms with van der Waals surface area (Å²) in [6, 6.07) is 8.91. The zero-order chi connectivity index (χ0) is 14.5. The molecule has 4 heteroatoms. The van der Waals surface area contributed by atoms with Crippen LogP contribution in [0.15, 0.2) is 28.7 Å². The molecule has 2 N–H and O–H groups in total. The molecule has 2 rings (SSSR count). The second-order valence-corrected chi connectivity index (χ2v) is 6.96. The summed E-state index contributed by atoms with van der Waals surface area (Å²) in [5.41, 5.74) is 7.36. The average molecular weight is 340 g/mol. The summed E-state index contributed by atoms with van der Waals surface area (Å²) in [7, 11) is 4.33. The molecule has 1 aromatic rings. The van der Waals surface area contributed by atoms with Crippen LogP contribution in [0.3, 0.4) is 0 Å². The molecule has 20 heavy (non-hydrogen) atoms. The molecule has 0 radical (unpaired) electrons. The van der Waals surface area contributed by atoms with Gasteiger partial charge in [-0.3, -0.25) is 4.90 Å². The Kier molecular flexibility index (Phi) is 6.02. The normalized spacial score (nSPS) is 19.4. The molecule has 1 unspecified atom stereocenters. The molecule has 1 heterocycles. The lowest BCUT2D eigenvalue weighted by Crippen LogP contribution is -2.41. The summed E-state index contributed by atoms with van der Waals surface area (Å²) in [4.78, 5) is 4.85. The minimum Gasteiger partial charge on any atom is -0.329 e. The predicted molar refractivity (Wildman–Crippen MR) is 88.8 cm³/mol. The Balaban J connectivity index is 1.97. The third kappa shape index (κ3) is 4.29. The van der Waals surface area contributed by atoms with Gasteiger partial charge in [-0.05, 0) is 63.6 Å². The van der Waals surface area contributed by atoms with Crippen LogP contribution in [0.2, 0.25) is 0 Å². The molecule has 1 aliphatic heterocycles. The van der Waals surface area contributed by atoms with E-state index in [0.29, 0.717) is 12.6 Å². The fourth-order valence-corrected chi connectivity index (χ4v) is 3.59. The van der Waals surface area contributed by atoms with Crippen LogP contribution in [0.25, 0.3) is 0 Å². The molecule has 0 saturated carbocycles. The van der Waals surface area contributed by atoms with Crippen molar-refractivity contribution < 1.29 is 0 Å². The van der Waals surface area contributed by atoms with E-state index >= 15 is 0 Å². The van der Waals surface area contributed by atoms with Gasteiger partial charge in [0, 0.05) is 23.6 Å². The van der Waals surface area contributed by atoms with Crippen molar-refractivity contribution >= 4 is 15.9 Å². The second kappa shape index (κ2) is 7.55. The van der Waals surface area contributed by atoms with Crippen molar-refractivity contribution in [3.63, 3.8) is 0 Å². The highest BCUT2D eigenvalue weighted by atomic mass is 79.9. The van der Waals surface area contributed by atoms with Crippen LogP contribution in [0.5, 0.6) is 0 Å². The van der Waals surface area contributed by atoms with Gasteiger partial charge in [-0.25, -0.2) is 0 Å². The molecule has 3 nitrogen and oxygen atoms in total. The maximum Gasteiger partial charge on any atom is 0.0470 e. The first-order valence-electron chi connectivity index (χ1n) is 7.44. The van der Waals surface area contributed by atoms with E-state index in [1.54, 1.807) is 0 Å². The third-order valence-corrected chi connectivity index (χ3v) is 4.66. The summed E-state index contributed by atoms with van der Waals surface area (Å²) >= 11 is 3.56. The Morgan fingerprint density at radius 2 is 2.05 bits per heavy atom. The van der Waals surface area contributed by atoms with Gasteiger partial charge >= 0.3 is 0 Å². The van der Waals surface area contributed by atoms with E-state index in [1.165, 1.54) is 24.9 Å². The van der Waals surface area contributed by atoms with E-state index < -0.39 is 0 Å². The highest BCUT2D eigenvalue weighted by Crippen LogP contribution is 2.27. The molecule has 112 valence electrons. The zero-order valence-corrected chi connectivity index (χ0v) is 14.1. The Labute approximate surface area is 131 Å². The standard InChI is InChI=1S/C16H26BrN3/c1-19(2)12-13-6-8-20(9-7-13)16(11-18)14-4-3-5-15(17)10-14/h3-5,10,13,16H,6-9,11-12,18H2,1-2H3. The van der Waals surface area contributed by atoms with Gasteiger partial charge in [-0.1, -0.05) is 28.1 Å². The van der Waals surface area contributed by atoms with Crippen LogP contribution >= 0.6 is 15.9 Å². The van der Waals surface area contributed by atoms with Crippen LogP contribution in [0.4, 0.5) is 0 Å². The number of nitrogens with zero attached hydrogens (tertiary/aromatic N) is 2. The number of nitrogens with two attached hydrogens (primary N) is 1. The predicted octanol–water partition coefficient (Wildman–Crippen LogP) is 2.72. The largest absolute Gasteiger partial charge is 0.329 e. The molecule has 0 aromatic heterocycles. The van der Waals surface area contributed by atoms with Crippen LogP contribution in [0, 0.1) is 5.92 Å². The molecule has 1 atom stereocenters. The molecule has 0 spiro atoms. The SMILES string of the molecule is CN(C)CC1CCN(C(CN)c2cccc(Br)c2)CC1. The molecular weight excluding hydrogens is 314 g/mol. The van der Waals surface area contributed by atoms with Crippen LogP contribution in [0.1, 0.15) is 24.4 Å². The van der Waals surface area contributed by atoms with E-state index in [2.05, 4.69) is 64.1 Å². The van der Waals surface area contributed by atoms with Gasteiger partial charge in [0.2, 0.25) is 0 Å². The van der Waals surface area contributed by atoms with Crippen molar-refractivity contribution in [3.05, 3.63) is 34.3 Å². The van der Waals surface area contributed by atoms with Crippen LogP contribution in [-0.2, 0) is 0 Å². The maximum absolute atomic E-state index is 6.04. The number of hydrogen-bond donors (Lipinski definition) is 1. The van der Waals surface area contributed by atoms with Gasteiger partial charge in [0.1, 0.15) is 0 Å². The molecule has 0 bridgehead atoms. The zero-order valence-electron chi connectivity index (χ0n) is 12.6. The number of halogens is 1. The minimum atomic E-state index is 0.354. The van der Waals surface area contributed by atoms with Crippen molar-refractivity contribution in [1.82, 2.24) is 9.80 Å². The van der Waals surface area contributed by atoms with Crippen molar-refractivity contribution in [2.24, 2.45) is 11.7 Å². The number of likely N-dealkylation sites (tertiary alicyclic amines) is 1. The first kappa shape index (κ1) is 16.0. The average Bonchev–Trinajstić information content (AvgIpc) is 2.41. The van der Waals surface area contributed by atoms with E-state index in [-0.39, 0.29) is 0 Å². The molecular formula is C16H26BrN3. The molecule has 0 aliphatic carbocycles. The van der Waals surface area contributed by atoms with Crippen molar-refractivity contribution in [2.45, 2.75) is 18.9 Å². The Morgan fingerprint density at radius 1 is 1.35 bits per heavy atom. The quantitative estimate of drug-likeness (QED) is 0.895. The lowest BCUT2D eigenvalue weighted by Gasteiger charge is -2.38. The summed E-state index contributed by atoms with van der Waals surface area (Å²) in [6.07, 6.45) is 2.56. The lowest BCUT2D eigenvalue weighted by molar-refractivity contribution is 0.122. The van der Waals surface area contributed by atoms with Gasteiger partial charge in [-0.15, -0.1) is 0 Å². The van der Waals surface area contributed by atoms with Crippen molar-refractivity contribution in [1.29, 1.82) is 0 Å². The highest BCUT2D eigenvalue weighted by Gasteiger charge is 2.25. The molecule has 1 aliphatic rings. The number of rotatable bonds is 5. The first-order valence-corrected chi connectivity index (χ1v) is 8.23. The third-order valence-electron chi connectivity index (χ3n) is 4.17. The summed E-state index contributed by atoms with van der Waals surface area (Å²) < 4.78 is 1.14. The van der Waals surface area contributed by atoms with E-state index in [9.17, 15) is 0 Å². The highest BCUT2D eigenvalue weighted by molar-refractivity contribution is 9.10. The molecule has 1 aromatic carbocycles. The second-order valence-electron chi connectivity index (χ2n) is 6.05. The van der Waals surface area contributed by atoms with Crippen LogP contribution in [-0.4, -0.2) is 50.1 Å². The van der Waals surface area contributed by atoms with Gasteiger partial charge in [-0.2, -0.15) is 0 Å². The smallest absolute Gasteiger partial charge is 0.0470 e. The fraction of sp³-hybridized carbons (Fsp3) is 0.625.